The van der Waals surface area contributed by atoms with Gasteiger partial charge in [-0.25, -0.2) is 0 Å². The Kier molecular flexibility index (Phi) is 5.85. The van der Waals surface area contributed by atoms with Crippen LogP contribution in [0.15, 0.2) is 51.9 Å². The number of allylic oxidation sites excluding steroid dienone is 3. The van der Waals surface area contributed by atoms with Crippen LogP contribution in [0.25, 0.3) is 12.2 Å². The van der Waals surface area contributed by atoms with Gasteiger partial charge in [-0.2, -0.15) is 0 Å². The van der Waals surface area contributed by atoms with Crippen molar-refractivity contribution in [1.29, 1.82) is 0 Å². The molecule has 4 rings (SSSR count). The molecule has 0 amide bonds. The van der Waals surface area contributed by atoms with Gasteiger partial charge in [0.05, 0.1) is 0 Å². The van der Waals surface area contributed by atoms with E-state index >= 15 is 0 Å². The van der Waals surface area contributed by atoms with Gasteiger partial charge in [-0.3, -0.25) is 0 Å². The second-order valence-corrected chi connectivity index (χ2v) is 12.7. The molecule has 140 valence electrons. The molecule has 0 N–H and O–H groups in total. The fraction of sp³-hybridized carbons (Fsp3) is 0.318. The molecule has 0 radical (unpaired) electrons. The number of hydrogen-bond donors (Lipinski definition) is 0. The number of anilines is 1. The van der Waals surface area contributed by atoms with E-state index in [-0.39, 0.29) is 20.9 Å². The fourth-order valence-electron chi connectivity index (χ4n) is 3.43. The van der Waals surface area contributed by atoms with Gasteiger partial charge in [0, 0.05) is 0 Å². The zero-order valence-electron chi connectivity index (χ0n) is 16.2. The van der Waals surface area contributed by atoms with Crippen LogP contribution >= 0.6 is 23.1 Å². The minimum absolute atomic E-state index is 0.123. The van der Waals surface area contributed by atoms with Crippen molar-refractivity contribution in [1.82, 2.24) is 0 Å². The Hall–Kier alpha value is -0.990. The third-order valence-electron chi connectivity index (χ3n) is 4.72. The van der Waals surface area contributed by atoms with Gasteiger partial charge >= 0.3 is 182 Å². The van der Waals surface area contributed by atoms with Gasteiger partial charge in [0.1, 0.15) is 0 Å². The molecule has 0 aliphatic carbocycles. The first-order valence-corrected chi connectivity index (χ1v) is 13.6. The van der Waals surface area contributed by atoms with E-state index in [2.05, 4.69) is 85.7 Å². The van der Waals surface area contributed by atoms with Gasteiger partial charge in [-0.15, -0.1) is 0 Å². The molecule has 0 saturated heterocycles. The molecule has 0 saturated carbocycles. The van der Waals surface area contributed by atoms with Crippen molar-refractivity contribution in [3.05, 3.63) is 56.9 Å². The average molecular weight is 509 g/mol. The molecule has 1 unspecified atom stereocenters. The zero-order chi connectivity index (χ0) is 19.0. The van der Waals surface area contributed by atoms with Gasteiger partial charge in [-0.05, 0) is 0 Å². The Morgan fingerprint density at radius 1 is 1.30 bits per heavy atom. The van der Waals surface area contributed by atoms with Crippen LogP contribution in [0.1, 0.15) is 37.6 Å². The van der Waals surface area contributed by atoms with E-state index in [0.717, 1.165) is 17.1 Å². The normalized spacial score (nSPS) is 20.3. The summed E-state index contributed by atoms with van der Waals surface area (Å²) >= 11 is 3.71. The van der Waals surface area contributed by atoms with Crippen molar-refractivity contribution in [3.8, 4) is 0 Å². The maximum atomic E-state index is 2.55. The number of thiazole rings is 1. The topological polar surface area (TPSA) is 7.12 Å². The van der Waals surface area contributed by atoms with Crippen LogP contribution < -0.4 is 13.2 Å². The van der Waals surface area contributed by atoms with E-state index in [4.69, 9.17) is 0 Å². The van der Waals surface area contributed by atoms with Crippen LogP contribution in [-0.2, 0) is 6.54 Å². The van der Waals surface area contributed by atoms with Crippen LogP contribution in [0.3, 0.4) is 0 Å². The van der Waals surface area contributed by atoms with Crippen molar-refractivity contribution in [2.45, 2.75) is 43.1 Å². The summed E-state index contributed by atoms with van der Waals surface area (Å²) in [5, 5.41) is 2.73. The van der Waals surface area contributed by atoms with Crippen LogP contribution in [0.5, 0.6) is 0 Å². The van der Waals surface area contributed by atoms with E-state index in [9.17, 15) is 0 Å². The van der Waals surface area contributed by atoms with Crippen molar-refractivity contribution >= 4 is 65.6 Å². The molecule has 2 nitrogen and oxygen atoms in total. The van der Waals surface area contributed by atoms with Gasteiger partial charge in [0.2, 0.25) is 0 Å². The summed E-state index contributed by atoms with van der Waals surface area (Å²) in [5.41, 5.74) is 2.66. The summed E-state index contributed by atoms with van der Waals surface area (Å²) in [6.45, 7) is 11.2. The summed E-state index contributed by atoms with van der Waals surface area (Å²) in [5.74, 6) is 0. The molecule has 1 aromatic carbocycles. The van der Waals surface area contributed by atoms with E-state index < -0.39 is 0 Å². The zero-order valence-corrected chi connectivity index (χ0v) is 20.2. The quantitative estimate of drug-likeness (QED) is 0.419. The summed E-state index contributed by atoms with van der Waals surface area (Å²) < 4.78 is 4.95. The summed E-state index contributed by atoms with van der Waals surface area (Å²) in [6, 6.07) is 8.70. The van der Waals surface area contributed by atoms with E-state index in [1.165, 1.54) is 31.1 Å². The molecule has 0 bridgehead atoms. The molecule has 3 heterocycles. The Bertz CT molecular complexity index is 955. The predicted molar refractivity (Wildman–Crippen MR) is 121 cm³/mol. The Morgan fingerprint density at radius 2 is 2.11 bits per heavy atom. The second kappa shape index (κ2) is 8.17. The summed E-state index contributed by atoms with van der Waals surface area (Å²) in [7, 11) is 0. The number of hydrogen-bond acceptors (Lipinski definition) is 3. The van der Waals surface area contributed by atoms with Gasteiger partial charge < -0.3 is 0 Å². The minimum atomic E-state index is -0.123. The van der Waals surface area contributed by atoms with Crippen molar-refractivity contribution in [3.63, 3.8) is 0 Å². The van der Waals surface area contributed by atoms with Crippen molar-refractivity contribution in [2.75, 3.05) is 11.4 Å². The molecule has 2 aliphatic rings. The van der Waals surface area contributed by atoms with Gasteiger partial charge in [-0.1, -0.05) is 0 Å². The Labute approximate surface area is 180 Å². The third-order valence-corrected chi connectivity index (χ3v) is 10.7. The maximum absolute atomic E-state index is 2.55. The van der Waals surface area contributed by atoms with Crippen LogP contribution in [0.2, 0.25) is 3.97 Å². The Morgan fingerprint density at radius 3 is 2.89 bits per heavy atom. The molecule has 0 spiro atoms. The molecule has 27 heavy (non-hydrogen) atoms. The third kappa shape index (κ3) is 3.80. The standard InChI is InChI=1S/C22H25N2S2Te/c1-5-23-17-9-7-8-10-18(17)25-20(23)13-15(3)14-21-24(6-2)22-19(26-21)12-11-16(4)27-22/h7-14,16H,5-6H2,1-4H3/q+1. The number of benzene rings is 1. The number of aromatic nitrogens is 1. The van der Waals surface area contributed by atoms with E-state index in [1.54, 1.807) is 3.74 Å². The molecule has 2 aromatic rings. The molecule has 0 fully saturated rings. The number of rotatable bonds is 4. The first-order valence-electron chi connectivity index (χ1n) is 9.46. The molecule has 1 atom stereocenters. The number of thioether (sulfide) groups is 1. The first-order chi connectivity index (χ1) is 13.1. The SMILES string of the molecule is CCN1C(=CC(C)=Cc2sc3c([n+]2CC)[Te]C(C)C=C3)Sc2ccccc21. The predicted octanol–water partition coefficient (Wildman–Crippen LogP) is 5.10. The monoisotopic (exact) mass is 511 g/mol. The van der Waals surface area contributed by atoms with Crippen LogP contribution in [0.4, 0.5) is 5.69 Å². The molecule has 1 aromatic heterocycles. The summed E-state index contributed by atoms with van der Waals surface area (Å²) in [6.07, 6.45) is 9.47. The molecular weight excluding hydrogens is 484 g/mol. The van der Waals surface area contributed by atoms with E-state index in [0.29, 0.717) is 0 Å². The van der Waals surface area contributed by atoms with Crippen LogP contribution in [0, 0.1) is 0 Å². The molecule has 5 heteroatoms. The summed E-state index contributed by atoms with van der Waals surface area (Å²) in [4.78, 5) is 5.27. The molecule has 2 aliphatic heterocycles. The Balaban J connectivity index is 1.66. The van der Waals surface area contributed by atoms with Crippen LogP contribution in [-0.4, -0.2) is 27.5 Å². The fourth-order valence-corrected chi connectivity index (χ4v) is 9.67. The first kappa shape index (κ1) is 19.3. The molecular formula is C22H25N2S2Te+. The van der Waals surface area contributed by atoms with Gasteiger partial charge in [0.15, 0.2) is 0 Å². The van der Waals surface area contributed by atoms with Crippen molar-refractivity contribution in [2.24, 2.45) is 0 Å². The number of fused-ring (bicyclic) bond motifs is 2. The van der Waals surface area contributed by atoms with Crippen molar-refractivity contribution < 1.29 is 4.57 Å². The number of para-hydroxylation sites is 1. The average Bonchev–Trinajstić information content (AvgIpc) is 3.17. The van der Waals surface area contributed by atoms with E-state index in [1.807, 2.05) is 23.1 Å². The second-order valence-electron chi connectivity index (χ2n) is 6.72. The number of nitrogens with zero attached hydrogens (tertiary/aromatic N) is 2. The van der Waals surface area contributed by atoms with Gasteiger partial charge in [0.25, 0.3) is 0 Å².